The molecule has 5 heteroatoms. The third kappa shape index (κ3) is 5.80. The Kier molecular flexibility index (Phi) is 7.06. The maximum absolute atomic E-state index is 12.3. The zero-order valence-electron chi connectivity index (χ0n) is 15.0. The monoisotopic (exact) mass is 333 g/mol. The molecule has 1 aromatic rings. The highest BCUT2D eigenvalue weighted by Gasteiger charge is 2.34. The lowest BCUT2D eigenvalue weighted by Gasteiger charge is -2.31. The molecule has 0 heterocycles. The average Bonchev–Trinajstić information content (AvgIpc) is 2.58. The molecule has 24 heavy (non-hydrogen) atoms. The van der Waals surface area contributed by atoms with E-state index in [0.29, 0.717) is 13.2 Å². The minimum Gasteiger partial charge on any atom is -0.494 e. The van der Waals surface area contributed by atoms with Gasteiger partial charge in [-0.2, -0.15) is 0 Å². The minimum atomic E-state index is -0.673. The lowest BCUT2D eigenvalue weighted by molar-refractivity contribution is -0.127. The molecule has 0 radical (unpaired) electrons. The van der Waals surface area contributed by atoms with Gasteiger partial charge in [0.05, 0.1) is 12.1 Å². The van der Waals surface area contributed by atoms with Crippen LogP contribution in [0.25, 0.3) is 0 Å². The standard InChI is InChI=1S/C19H31N3O2/c1-22(2)13-6-14-24-17-9-7-16(8-10-17)15-21-18(23)19(20)11-4-3-5-12-19/h7-10H,3-6,11-15,20H2,1-2H3,(H,21,23). The SMILES string of the molecule is CN(C)CCCOc1ccc(CNC(=O)C2(N)CCCCC2)cc1. The van der Waals surface area contributed by atoms with Crippen molar-refractivity contribution in [2.24, 2.45) is 5.73 Å². The van der Waals surface area contributed by atoms with Crippen LogP contribution in [-0.4, -0.2) is 43.6 Å². The van der Waals surface area contributed by atoms with Gasteiger partial charge in [0.1, 0.15) is 5.75 Å². The van der Waals surface area contributed by atoms with Crippen LogP contribution in [-0.2, 0) is 11.3 Å². The largest absolute Gasteiger partial charge is 0.494 e. The third-order valence-electron chi connectivity index (χ3n) is 4.59. The van der Waals surface area contributed by atoms with E-state index in [-0.39, 0.29) is 5.91 Å². The maximum Gasteiger partial charge on any atom is 0.240 e. The molecule has 1 aromatic carbocycles. The number of hydrogen-bond donors (Lipinski definition) is 2. The summed E-state index contributed by atoms with van der Waals surface area (Å²) in [5, 5.41) is 2.98. The van der Waals surface area contributed by atoms with Gasteiger partial charge in [0.25, 0.3) is 0 Å². The molecule has 1 fully saturated rings. The van der Waals surface area contributed by atoms with Crippen LogP contribution in [0.1, 0.15) is 44.1 Å². The van der Waals surface area contributed by atoms with E-state index in [1.165, 1.54) is 6.42 Å². The lowest BCUT2D eigenvalue weighted by Crippen LogP contribution is -2.54. The molecule has 1 aliphatic rings. The minimum absolute atomic E-state index is 0.0220. The summed E-state index contributed by atoms with van der Waals surface area (Å²) in [4.78, 5) is 14.5. The summed E-state index contributed by atoms with van der Waals surface area (Å²) in [6.45, 7) is 2.24. The highest BCUT2D eigenvalue weighted by atomic mass is 16.5. The summed E-state index contributed by atoms with van der Waals surface area (Å²) in [6.07, 6.45) is 5.86. The van der Waals surface area contributed by atoms with Gasteiger partial charge < -0.3 is 20.7 Å². The number of nitrogens with one attached hydrogen (secondary N) is 1. The van der Waals surface area contributed by atoms with Gasteiger partial charge in [-0.15, -0.1) is 0 Å². The van der Waals surface area contributed by atoms with Crippen LogP contribution in [0.15, 0.2) is 24.3 Å². The summed E-state index contributed by atoms with van der Waals surface area (Å²) in [5.74, 6) is 0.845. The number of amides is 1. The van der Waals surface area contributed by atoms with Gasteiger partial charge in [-0.1, -0.05) is 31.4 Å². The van der Waals surface area contributed by atoms with Crippen molar-refractivity contribution in [3.8, 4) is 5.75 Å². The van der Waals surface area contributed by atoms with Crippen molar-refractivity contribution in [2.45, 2.75) is 50.6 Å². The van der Waals surface area contributed by atoms with Gasteiger partial charge in [-0.25, -0.2) is 0 Å². The number of hydrogen-bond acceptors (Lipinski definition) is 4. The first kappa shape index (κ1) is 18.7. The Morgan fingerprint density at radius 1 is 1.21 bits per heavy atom. The Morgan fingerprint density at radius 2 is 1.88 bits per heavy atom. The van der Waals surface area contributed by atoms with Gasteiger partial charge in [-0.05, 0) is 51.1 Å². The lowest BCUT2D eigenvalue weighted by atomic mass is 9.82. The predicted octanol–water partition coefficient (Wildman–Crippen LogP) is 2.29. The molecular formula is C19H31N3O2. The van der Waals surface area contributed by atoms with E-state index in [1.54, 1.807) is 0 Å². The maximum atomic E-state index is 12.3. The van der Waals surface area contributed by atoms with E-state index in [1.807, 2.05) is 24.3 Å². The van der Waals surface area contributed by atoms with Crippen LogP contribution in [0, 0.1) is 0 Å². The Hall–Kier alpha value is -1.59. The fraction of sp³-hybridized carbons (Fsp3) is 0.632. The Bertz CT molecular complexity index is 508. The Balaban J connectivity index is 1.74. The fourth-order valence-corrected chi connectivity index (χ4v) is 3.04. The first-order valence-electron chi connectivity index (χ1n) is 8.93. The fourth-order valence-electron chi connectivity index (χ4n) is 3.04. The molecule has 0 aliphatic heterocycles. The van der Waals surface area contributed by atoms with Gasteiger partial charge in [0.15, 0.2) is 0 Å². The topological polar surface area (TPSA) is 67.6 Å². The average molecular weight is 333 g/mol. The van der Waals surface area contributed by atoms with Crippen molar-refractivity contribution in [3.63, 3.8) is 0 Å². The van der Waals surface area contributed by atoms with E-state index in [4.69, 9.17) is 10.5 Å². The van der Waals surface area contributed by atoms with Crippen molar-refractivity contribution in [1.82, 2.24) is 10.2 Å². The molecule has 0 atom stereocenters. The smallest absolute Gasteiger partial charge is 0.240 e. The number of carbonyl (C=O) groups excluding carboxylic acids is 1. The molecule has 1 saturated carbocycles. The number of ether oxygens (including phenoxy) is 1. The van der Waals surface area contributed by atoms with E-state index >= 15 is 0 Å². The van der Waals surface area contributed by atoms with Gasteiger partial charge in [0.2, 0.25) is 5.91 Å². The second-order valence-electron chi connectivity index (χ2n) is 7.05. The zero-order valence-corrected chi connectivity index (χ0v) is 15.0. The van der Waals surface area contributed by atoms with Gasteiger partial charge in [-0.3, -0.25) is 4.79 Å². The normalized spacial score (nSPS) is 16.8. The van der Waals surface area contributed by atoms with Crippen LogP contribution < -0.4 is 15.8 Å². The molecule has 0 unspecified atom stereocenters. The summed E-state index contributed by atoms with van der Waals surface area (Å²) < 4.78 is 5.71. The summed E-state index contributed by atoms with van der Waals surface area (Å²) >= 11 is 0. The Morgan fingerprint density at radius 3 is 2.50 bits per heavy atom. The quantitative estimate of drug-likeness (QED) is 0.716. The van der Waals surface area contributed by atoms with Crippen LogP contribution in [0.3, 0.4) is 0 Å². The molecule has 5 nitrogen and oxygen atoms in total. The number of rotatable bonds is 8. The molecule has 0 spiro atoms. The number of nitrogens with zero attached hydrogens (tertiary/aromatic N) is 1. The first-order chi connectivity index (χ1) is 11.5. The second kappa shape index (κ2) is 9.04. The first-order valence-corrected chi connectivity index (χ1v) is 8.93. The van der Waals surface area contributed by atoms with E-state index in [2.05, 4.69) is 24.3 Å². The Labute approximate surface area is 145 Å². The zero-order chi connectivity index (χ0) is 17.4. The van der Waals surface area contributed by atoms with E-state index in [0.717, 1.165) is 50.0 Å². The van der Waals surface area contributed by atoms with Crippen molar-refractivity contribution in [1.29, 1.82) is 0 Å². The van der Waals surface area contributed by atoms with E-state index < -0.39 is 5.54 Å². The van der Waals surface area contributed by atoms with Crippen LogP contribution in [0.4, 0.5) is 0 Å². The highest BCUT2D eigenvalue weighted by molar-refractivity contribution is 5.86. The summed E-state index contributed by atoms with van der Waals surface area (Å²) in [7, 11) is 4.11. The predicted molar refractivity (Wildman–Crippen MR) is 97.0 cm³/mol. The molecular weight excluding hydrogens is 302 g/mol. The summed E-state index contributed by atoms with van der Waals surface area (Å²) in [5.41, 5.74) is 6.63. The molecule has 0 saturated heterocycles. The van der Waals surface area contributed by atoms with E-state index in [9.17, 15) is 4.79 Å². The summed E-state index contributed by atoms with van der Waals surface area (Å²) in [6, 6.07) is 7.89. The van der Waals surface area contributed by atoms with Crippen molar-refractivity contribution < 1.29 is 9.53 Å². The van der Waals surface area contributed by atoms with Crippen LogP contribution in [0.5, 0.6) is 5.75 Å². The van der Waals surface area contributed by atoms with Gasteiger partial charge >= 0.3 is 0 Å². The third-order valence-corrected chi connectivity index (χ3v) is 4.59. The second-order valence-corrected chi connectivity index (χ2v) is 7.05. The molecule has 1 amide bonds. The molecule has 2 rings (SSSR count). The molecule has 134 valence electrons. The number of benzene rings is 1. The highest BCUT2D eigenvalue weighted by Crippen LogP contribution is 2.26. The van der Waals surface area contributed by atoms with Gasteiger partial charge in [0, 0.05) is 13.1 Å². The molecule has 3 N–H and O–H groups in total. The number of carbonyl (C=O) groups is 1. The van der Waals surface area contributed by atoms with Crippen LogP contribution >= 0.6 is 0 Å². The van der Waals surface area contributed by atoms with Crippen molar-refractivity contribution in [3.05, 3.63) is 29.8 Å². The van der Waals surface area contributed by atoms with Crippen LogP contribution in [0.2, 0.25) is 0 Å². The van der Waals surface area contributed by atoms with Crippen molar-refractivity contribution in [2.75, 3.05) is 27.2 Å². The molecule has 0 bridgehead atoms. The van der Waals surface area contributed by atoms with Crippen molar-refractivity contribution >= 4 is 5.91 Å². The molecule has 1 aliphatic carbocycles. The molecule has 0 aromatic heterocycles. The number of nitrogens with two attached hydrogens (primary N) is 1.